The molecule has 26 heavy (non-hydrogen) atoms. The predicted molar refractivity (Wildman–Crippen MR) is 93.2 cm³/mol. The van der Waals surface area contributed by atoms with Gasteiger partial charge in [-0.05, 0) is 32.0 Å². The van der Waals surface area contributed by atoms with Crippen LogP contribution in [-0.2, 0) is 0 Å². The molecule has 2 fully saturated rings. The number of nitrogens with one attached hydrogen (secondary N) is 1. The molecule has 1 atom stereocenters. The molecule has 3 heterocycles. The second-order valence-corrected chi connectivity index (χ2v) is 6.97. The topological polar surface area (TPSA) is 93.1 Å². The van der Waals surface area contributed by atoms with Crippen LogP contribution in [0.3, 0.4) is 0 Å². The van der Waals surface area contributed by atoms with E-state index in [1.807, 2.05) is 24.3 Å². The van der Waals surface area contributed by atoms with E-state index in [1.54, 1.807) is 0 Å². The van der Waals surface area contributed by atoms with E-state index in [2.05, 4.69) is 37.5 Å². The third kappa shape index (κ3) is 2.91. The Hall–Kier alpha value is -2.58. The highest BCUT2D eigenvalue weighted by Gasteiger charge is 2.30. The summed E-state index contributed by atoms with van der Waals surface area (Å²) in [5.74, 6) is 2.99. The van der Waals surface area contributed by atoms with Crippen molar-refractivity contribution in [3.8, 4) is 22.8 Å². The summed E-state index contributed by atoms with van der Waals surface area (Å²) in [7, 11) is 2.08. The number of hydrogen-bond acceptors (Lipinski definition) is 8. The van der Waals surface area contributed by atoms with Gasteiger partial charge >= 0.3 is 0 Å². The van der Waals surface area contributed by atoms with Crippen molar-refractivity contribution in [2.75, 3.05) is 26.7 Å². The van der Waals surface area contributed by atoms with Gasteiger partial charge in [0.25, 0.3) is 5.89 Å². The van der Waals surface area contributed by atoms with Gasteiger partial charge in [0.05, 0.1) is 6.04 Å². The molecule has 2 aliphatic rings. The fourth-order valence-electron chi connectivity index (χ4n) is 3.22. The third-order valence-electron chi connectivity index (χ3n) is 4.99. The average Bonchev–Trinajstić information content (AvgIpc) is 3.21. The van der Waals surface area contributed by atoms with Gasteiger partial charge in [0.1, 0.15) is 0 Å². The maximum absolute atomic E-state index is 5.52. The molecule has 8 heteroatoms. The van der Waals surface area contributed by atoms with E-state index in [9.17, 15) is 0 Å². The zero-order valence-corrected chi connectivity index (χ0v) is 14.6. The Bertz CT molecular complexity index is 916. The summed E-state index contributed by atoms with van der Waals surface area (Å²) in [6.45, 7) is 2.76. The van der Waals surface area contributed by atoms with Crippen molar-refractivity contribution < 1.29 is 9.05 Å². The summed E-state index contributed by atoms with van der Waals surface area (Å²) >= 11 is 0. The van der Waals surface area contributed by atoms with Gasteiger partial charge in [-0.1, -0.05) is 22.4 Å². The third-order valence-corrected chi connectivity index (χ3v) is 4.99. The summed E-state index contributed by atoms with van der Waals surface area (Å²) in [6, 6.07) is 7.94. The summed E-state index contributed by atoms with van der Waals surface area (Å²) < 4.78 is 10.9. The van der Waals surface area contributed by atoms with Gasteiger partial charge in [0.15, 0.2) is 5.82 Å². The van der Waals surface area contributed by atoms with Gasteiger partial charge < -0.3 is 14.4 Å². The molecule has 5 rings (SSSR count). The van der Waals surface area contributed by atoms with E-state index >= 15 is 0 Å². The van der Waals surface area contributed by atoms with Crippen molar-refractivity contribution in [1.29, 1.82) is 0 Å². The van der Waals surface area contributed by atoms with Gasteiger partial charge in [0.2, 0.25) is 11.7 Å². The van der Waals surface area contributed by atoms with Crippen molar-refractivity contribution >= 4 is 0 Å². The summed E-state index contributed by atoms with van der Waals surface area (Å²) in [6.07, 6.45) is 2.27. The van der Waals surface area contributed by atoms with Crippen LogP contribution >= 0.6 is 0 Å². The Kier molecular flexibility index (Phi) is 3.79. The van der Waals surface area contributed by atoms with Crippen molar-refractivity contribution in [3.05, 3.63) is 36.0 Å². The van der Waals surface area contributed by atoms with E-state index in [0.29, 0.717) is 23.5 Å². The monoisotopic (exact) mass is 352 g/mol. The second-order valence-electron chi connectivity index (χ2n) is 6.97. The minimum Gasteiger partial charge on any atom is -0.339 e. The highest BCUT2D eigenvalue weighted by atomic mass is 16.5. The van der Waals surface area contributed by atoms with Gasteiger partial charge in [-0.2, -0.15) is 9.97 Å². The maximum atomic E-state index is 5.52. The molecule has 0 radical (unpaired) electrons. The molecule has 1 aromatic carbocycles. The second kappa shape index (κ2) is 6.30. The largest absolute Gasteiger partial charge is 0.339 e. The highest BCUT2D eigenvalue weighted by molar-refractivity contribution is 5.64. The highest BCUT2D eigenvalue weighted by Crippen LogP contribution is 2.39. The summed E-state index contributed by atoms with van der Waals surface area (Å²) in [4.78, 5) is 11.4. The average molecular weight is 352 g/mol. The van der Waals surface area contributed by atoms with Crippen LogP contribution in [0.4, 0.5) is 0 Å². The molecular weight excluding hydrogens is 332 g/mol. The SMILES string of the molecule is CN1CCNCC1c1noc(-c2cccc(-c3noc(C4CC4)n3)c2)n1. The molecule has 3 aromatic rings. The Morgan fingerprint density at radius 2 is 2.00 bits per heavy atom. The van der Waals surface area contributed by atoms with Crippen molar-refractivity contribution in [1.82, 2.24) is 30.5 Å². The van der Waals surface area contributed by atoms with Crippen LogP contribution in [-0.4, -0.2) is 51.9 Å². The van der Waals surface area contributed by atoms with E-state index in [4.69, 9.17) is 9.05 Å². The van der Waals surface area contributed by atoms with Crippen molar-refractivity contribution in [3.63, 3.8) is 0 Å². The van der Waals surface area contributed by atoms with Crippen LogP contribution in [0.1, 0.15) is 36.5 Å². The first kappa shape index (κ1) is 15.7. The molecule has 1 saturated carbocycles. The molecule has 0 spiro atoms. The minimum absolute atomic E-state index is 0.128. The fraction of sp³-hybridized carbons (Fsp3) is 0.444. The van der Waals surface area contributed by atoms with Gasteiger partial charge in [-0.25, -0.2) is 0 Å². The lowest BCUT2D eigenvalue weighted by atomic mass is 10.1. The van der Waals surface area contributed by atoms with Crippen LogP contribution in [0.2, 0.25) is 0 Å². The van der Waals surface area contributed by atoms with E-state index in [-0.39, 0.29) is 6.04 Å². The standard InChI is InChI=1S/C18H20N6O2/c1-24-8-7-19-10-14(24)16-21-18(26-23-16)13-4-2-3-12(9-13)15-20-17(25-22-15)11-5-6-11/h2-4,9,11,14,19H,5-8,10H2,1H3. The smallest absolute Gasteiger partial charge is 0.258 e. The quantitative estimate of drug-likeness (QED) is 0.764. The van der Waals surface area contributed by atoms with Crippen LogP contribution in [0.5, 0.6) is 0 Å². The zero-order chi connectivity index (χ0) is 17.5. The lowest BCUT2D eigenvalue weighted by Crippen LogP contribution is -2.44. The number of aromatic nitrogens is 4. The minimum atomic E-state index is 0.128. The Labute approximate surface area is 150 Å². The van der Waals surface area contributed by atoms with Gasteiger partial charge in [-0.3, -0.25) is 4.90 Å². The first-order valence-electron chi connectivity index (χ1n) is 8.97. The molecule has 8 nitrogen and oxygen atoms in total. The van der Waals surface area contributed by atoms with Crippen LogP contribution in [0.15, 0.2) is 33.3 Å². The van der Waals surface area contributed by atoms with Crippen molar-refractivity contribution in [2.24, 2.45) is 0 Å². The molecule has 2 aromatic heterocycles. The molecule has 0 amide bonds. The lowest BCUT2D eigenvalue weighted by Gasteiger charge is -2.30. The van der Waals surface area contributed by atoms with Gasteiger partial charge in [0, 0.05) is 36.7 Å². The Morgan fingerprint density at radius 1 is 1.12 bits per heavy atom. The van der Waals surface area contributed by atoms with Crippen LogP contribution in [0, 0.1) is 0 Å². The molecule has 1 saturated heterocycles. The van der Waals surface area contributed by atoms with E-state index < -0.39 is 0 Å². The van der Waals surface area contributed by atoms with Crippen molar-refractivity contribution in [2.45, 2.75) is 24.8 Å². The number of piperazine rings is 1. The Morgan fingerprint density at radius 3 is 2.85 bits per heavy atom. The summed E-state index contributed by atoms with van der Waals surface area (Å²) in [5, 5.41) is 11.7. The molecule has 1 unspecified atom stereocenters. The number of rotatable bonds is 4. The fourth-order valence-corrected chi connectivity index (χ4v) is 3.22. The zero-order valence-electron chi connectivity index (χ0n) is 14.6. The Balaban J connectivity index is 1.41. The number of likely N-dealkylation sites (N-methyl/N-ethyl adjacent to an activating group) is 1. The molecule has 0 bridgehead atoms. The number of hydrogen-bond donors (Lipinski definition) is 1. The van der Waals surface area contributed by atoms with E-state index in [1.165, 1.54) is 0 Å². The maximum Gasteiger partial charge on any atom is 0.258 e. The summed E-state index contributed by atoms with van der Waals surface area (Å²) in [5.41, 5.74) is 1.74. The number of nitrogens with zero attached hydrogens (tertiary/aromatic N) is 5. The first-order chi connectivity index (χ1) is 12.8. The normalized spacial score (nSPS) is 21.2. The van der Waals surface area contributed by atoms with Crippen LogP contribution in [0.25, 0.3) is 22.8 Å². The first-order valence-corrected chi connectivity index (χ1v) is 8.97. The molecule has 1 aliphatic carbocycles. The predicted octanol–water partition coefficient (Wildman–Crippen LogP) is 2.24. The molecular formula is C18H20N6O2. The molecule has 134 valence electrons. The van der Waals surface area contributed by atoms with Gasteiger partial charge in [-0.15, -0.1) is 0 Å². The lowest BCUT2D eigenvalue weighted by molar-refractivity contribution is 0.190. The molecule has 1 N–H and O–H groups in total. The number of benzene rings is 1. The molecule has 1 aliphatic heterocycles. The van der Waals surface area contributed by atoms with Crippen LogP contribution < -0.4 is 5.32 Å². The van der Waals surface area contributed by atoms with E-state index in [0.717, 1.165) is 49.5 Å².